The molecule has 0 radical (unpaired) electrons. The van der Waals surface area contributed by atoms with E-state index in [-0.39, 0.29) is 6.04 Å². The van der Waals surface area contributed by atoms with Crippen molar-refractivity contribution < 1.29 is 0 Å². The quantitative estimate of drug-likeness (QED) is 0.320. The second-order valence-electron chi connectivity index (χ2n) is 8.44. The van der Waals surface area contributed by atoms with Gasteiger partial charge in [-0.2, -0.15) is 4.58 Å². The Morgan fingerprint density at radius 3 is 2.31 bits per heavy atom. The van der Waals surface area contributed by atoms with Crippen LogP contribution in [0.25, 0.3) is 16.7 Å². The van der Waals surface area contributed by atoms with E-state index in [0.717, 1.165) is 0 Å². The monoisotopic (exact) mass is 409 g/mol. The first-order chi connectivity index (χ1) is 15.9. The third kappa shape index (κ3) is 2.38. The molecule has 1 unspecified atom stereocenters. The summed E-state index contributed by atoms with van der Waals surface area (Å²) in [5.74, 6) is 0. The summed E-state index contributed by atoms with van der Waals surface area (Å²) < 4.78 is 2.44. The summed E-state index contributed by atoms with van der Waals surface area (Å²) in [4.78, 5) is 2.51. The molecule has 150 valence electrons. The molecule has 1 aliphatic carbocycles. The van der Waals surface area contributed by atoms with Gasteiger partial charge >= 0.3 is 0 Å². The molecule has 0 spiro atoms. The molecule has 0 aromatic heterocycles. The van der Waals surface area contributed by atoms with E-state index in [2.05, 4.69) is 131 Å². The molecule has 4 aromatic carbocycles. The van der Waals surface area contributed by atoms with Gasteiger partial charge < -0.3 is 4.90 Å². The van der Waals surface area contributed by atoms with Crippen LogP contribution in [0, 0.1) is 0 Å². The second kappa shape index (κ2) is 6.66. The van der Waals surface area contributed by atoms with E-state index in [9.17, 15) is 0 Å². The topological polar surface area (TPSA) is 6.25 Å². The summed E-state index contributed by atoms with van der Waals surface area (Å²) in [5, 5.41) is 0. The molecule has 0 fully saturated rings. The normalized spacial score (nSPS) is 17.6. The number of rotatable bonds is 2. The van der Waals surface area contributed by atoms with Crippen molar-refractivity contribution in [2.45, 2.75) is 6.04 Å². The lowest BCUT2D eigenvalue weighted by molar-refractivity contribution is 0.931. The first-order valence-electron chi connectivity index (χ1n) is 11.1. The molecule has 1 atom stereocenters. The summed E-state index contributed by atoms with van der Waals surface area (Å²) in [6.45, 7) is 0. The van der Waals surface area contributed by atoms with Crippen LogP contribution in [0.4, 0.5) is 22.7 Å². The molecule has 0 bridgehead atoms. The Morgan fingerprint density at radius 1 is 0.656 bits per heavy atom. The van der Waals surface area contributed by atoms with Crippen LogP contribution < -0.4 is 9.48 Å². The Labute approximate surface area is 187 Å². The number of allylic oxidation sites excluding steroid dienone is 2. The van der Waals surface area contributed by atoms with E-state index in [1.807, 2.05) is 0 Å². The predicted octanol–water partition coefficient (Wildman–Crippen LogP) is 7.12. The number of hydrogen-bond donors (Lipinski definition) is 0. The maximum Gasteiger partial charge on any atom is 0.235 e. The van der Waals surface area contributed by atoms with Crippen LogP contribution in [0.3, 0.4) is 0 Å². The van der Waals surface area contributed by atoms with Crippen LogP contribution in [-0.4, -0.2) is 11.8 Å². The van der Waals surface area contributed by atoms with Gasteiger partial charge in [-0.05, 0) is 28.8 Å². The number of nitrogens with zero attached hydrogens (tertiary/aromatic N) is 2. The Hall–Kier alpha value is -4.17. The zero-order valence-electron chi connectivity index (χ0n) is 17.5. The Bertz CT molecular complexity index is 1470. The number of hydrogen-bond acceptors (Lipinski definition) is 1. The molecule has 32 heavy (non-hydrogen) atoms. The van der Waals surface area contributed by atoms with E-state index in [1.54, 1.807) is 0 Å². The van der Waals surface area contributed by atoms with Crippen molar-refractivity contribution in [3.05, 3.63) is 127 Å². The number of benzene rings is 4. The second-order valence-corrected chi connectivity index (χ2v) is 8.44. The summed E-state index contributed by atoms with van der Waals surface area (Å²) in [7, 11) is 0. The first-order valence-corrected chi connectivity index (χ1v) is 11.1. The lowest BCUT2D eigenvalue weighted by Gasteiger charge is -2.32. The van der Waals surface area contributed by atoms with Gasteiger partial charge in [-0.1, -0.05) is 84.9 Å². The molecule has 0 amide bonds. The van der Waals surface area contributed by atoms with E-state index in [1.165, 1.54) is 50.7 Å². The van der Waals surface area contributed by atoms with Gasteiger partial charge in [0.05, 0.1) is 5.69 Å². The largest absolute Gasteiger partial charge is 0.318 e. The molecular weight excluding hydrogens is 388 g/mol. The molecule has 2 aliphatic heterocycles. The van der Waals surface area contributed by atoms with Gasteiger partial charge in [-0.15, -0.1) is 0 Å². The van der Waals surface area contributed by atoms with Crippen LogP contribution in [0.15, 0.2) is 121 Å². The average Bonchev–Trinajstić information content (AvgIpc) is 3.21. The fourth-order valence-electron chi connectivity index (χ4n) is 5.37. The maximum atomic E-state index is 2.51. The minimum atomic E-state index is 0.188. The van der Waals surface area contributed by atoms with Crippen LogP contribution in [0.1, 0.15) is 5.56 Å². The Balaban J connectivity index is 1.50. The van der Waals surface area contributed by atoms with E-state index in [4.69, 9.17) is 0 Å². The Kier molecular flexibility index (Phi) is 3.65. The van der Waals surface area contributed by atoms with Gasteiger partial charge in [0.1, 0.15) is 11.7 Å². The van der Waals surface area contributed by atoms with Crippen LogP contribution >= 0.6 is 0 Å². The number of para-hydroxylation sites is 3. The molecule has 0 saturated carbocycles. The van der Waals surface area contributed by atoms with E-state index in [0.29, 0.717) is 0 Å². The van der Waals surface area contributed by atoms with Crippen molar-refractivity contribution in [2.75, 3.05) is 4.90 Å². The summed E-state index contributed by atoms with van der Waals surface area (Å²) in [6.07, 6.45) is 6.75. The fraction of sp³-hybridized carbons (Fsp3) is 0.0333. The van der Waals surface area contributed by atoms with Crippen LogP contribution in [0.2, 0.25) is 0 Å². The van der Waals surface area contributed by atoms with Gasteiger partial charge in [-0.25, -0.2) is 0 Å². The first kappa shape index (κ1) is 17.5. The zero-order valence-corrected chi connectivity index (χ0v) is 17.5. The number of anilines is 2. The minimum Gasteiger partial charge on any atom is -0.318 e. The highest BCUT2D eigenvalue weighted by Gasteiger charge is 2.47. The van der Waals surface area contributed by atoms with Gasteiger partial charge in [0.2, 0.25) is 17.1 Å². The van der Waals surface area contributed by atoms with Gasteiger partial charge in [-0.3, -0.25) is 0 Å². The summed E-state index contributed by atoms with van der Waals surface area (Å²) in [5.41, 5.74) is 11.4. The molecular formula is C30H21N2+. The van der Waals surface area contributed by atoms with Gasteiger partial charge in [0, 0.05) is 29.8 Å². The van der Waals surface area contributed by atoms with Crippen molar-refractivity contribution in [1.29, 1.82) is 0 Å². The standard InChI is InChI=1S/C30H21N2/c1-2-10-21(11-3-1)22-12-8-13-23(20-22)31-27-17-6-7-18-28(27)32-26-16-5-4-14-24(26)25-15-9-19-29(31)30(25)32/h1-20,30H/q+1. The highest BCUT2D eigenvalue weighted by Crippen LogP contribution is 2.51. The van der Waals surface area contributed by atoms with Crippen molar-refractivity contribution in [1.82, 2.24) is 4.58 Å². The molecule has 2 nitrogen and oxygen atoms in total. The predicted molar refractivity (Wildman–Crippen MR) is 134 cm³/mol. The third-order valence-corrected chi connectivity index (χ3v) is 6.70. The summed E-state index contributed by atoms with van der Waals surface area (Å²) in [6, 6.07) is 37.2. The SMILES string of the molecule is C1=CC2=[N+](c3cccc(-c4ccccc4)c3)c3ccccc3N3c4ccccc4C(=C1)C23. The van der Waals surface area contributed by atoms with E-state index < -0.39 is 0 Å². The van der Waals surface area contributed by atoms with E-state index >= 15 is 0 Å². The fourth-order valence-corrected chi connectivity index (χ4v) is 5.37. The number of fused-ring (bicyclic) bond motifs is 5. The Morgan fingerprint density at radius 2 is 1.41 bits per heavy atom. The molecule has 0 saturated heterocycles. The minimum absolute atomic E-state index is 0.188. The maximum absolute atomic E-state index is 2.51. The highest BCUT2D eigenvalue weighted by molar-refractivity contribution is 6.21. The highest BCUT2D eigenvalue weighted by atomic mass is 15.3. The van der Waals surface area contributed by atoms with Gasteiger partial charge in [0.25, 0.3) is 0 Å². The molecule has 2 heterocycles. The molecule has 4 aromatic rings. The van der Waals surface area contributed by atoms with Gasteiger partial charge in [0.15, 0.2) is 0 Å². The molecule has 7 rings (SSSR count). The summed E-state index contributed by atoms with van der Waals surface area (Å²) >= 11 is 0. The van der Waals surface area contributed by atoms with Crippen molar-refractivity contribution in [3.63, 3.8) is 0 Å². The third-order valence-electron chi connectivity index (χ3n) is 6.70. The van der Waals surface area contributed by atoms with Crippen LogP contribution in [-0.2, 0) is 0 Å². The lowest BCUT2D eigenvalue weighted by Crippen LogP contribution is -2.43. The van der Waals surface area contributed by atoms with Crippen molar-refractivity contribution in [2.24, 2.45) is 0 Å². The molecule has 2 heteroatoms. The van der Waals surface area contributed by atoms with Crippen LogP contribution in [0.5, 0.6) is 0 Å². The average molecular weight is 410 g/mol. The zero-order chi connectivity index (χ0) is 21.1. The van der Waals surface area contributed by atoms with Crippen molar-refractivity contribution >= 4 is 34.0 Å². The smallest absolute Gasteiger partial charge is 0.235 e. The molecule has 3 aliphatic rings. The van der Waals surface area contributed by atoms with Crippen molar-refractivity contribution in [3.8, 4) is 11.1 Å². The molecule has 0 N–H and O–H groups in total. The lowest BCUT2D eigenvalue weighted by atomic mass is 9.92.